The number of methoxy groups -OCH3 is 1. The highest BCUT2D eigenvalue weighted by atomic mass is 16.5. The summed E-state index contributed by atoms with van der Waals surface area (Å²) in [5.74, 6) is 2.41. The summed E-state index contributed by atoms with van der Waals surface area (Å²) < 4.78 is 12.9. The van der Waals surface area contributed by atoms with Crippen LogP contribution in [0.15, 0.2) is 41.1 Å². The second-order valence-corrected chi connectivity index (χ2v) is 3.88. The SMILES string of the molecule is COc1ccc2oc(-c3nccn3C)cc2c1. The van der Waals surface area contributed by atoms with Gasteiger partial charge in [-0.25, -0.2) is 4.98 Å². The van der Waals surface area contributed by atoms with E-state index in [2.05, 4.69) is 4.98 Å². The molecule has 4 nitrogen and oxygen atoms in total. The van der Waals surface area contributed by atoms with Crippen molar-refractivity contribution in [3.05, 3.63) is 36.7 Å². The van der Waals surface area contributed by atoms with Crippen LogP contribution in [0.2, 0.25) is 0 Å². The molecule has 86 valence electrons. The number of hydrogen-bond acceptors (Lipinski definition) is 3. The van der Waals surface area contributed by atoms with Gasteiger partial charge in [-0.15, -0.1) is 0 Å². The maximum absolute atomic E-state index is 5.75. The Labute approximate surface area is 98.4 Å². The van der Waals surface area contributed by atoms with Crippen LogP contribution >= 0.6 is 0 Å². The normalized spacial score (nSPS) is 10.9. The van der Waals surface area contributed by atoms with Gasteiger partial charge in [-0.2, -0.15) is 0 Å². The first-order chi connectivity index (χ1) is 8.28. The molecule has 0 aliphatic rings. The maximum atomic E-state index is 5.75. The second kappa shape index (κ2) is 3.66. The average Bonchev–Trinajstić information content (AvgIpc) is 2.93. The standard InChI is InChI=1S/C13H12N2O2/c1-15-6-5-14-13(15)12-8-9-7-10(16-2)3-4-11(9)17-12/h3-8H,1-2H3. The minimum atomic E-state index is 0.765. The first-order valence-corrected chi connectivity index (χ1v) is 5.33. The van der Waals surface area contributed by atoms with Crippen molar-refractivity contribution < 1.29 is 9.15 Å². The Morgan fingerprint density at radius 3 is 2.88 bits per heavy atom. The smallest absolute Gasteiger partial charge is 0.175 e. The van der Waals surface area contributed by atoms with Crippen molar-refractivity contribution in [2.45, 2.75) is 0 Å². The second-order valence-electron chi connectivity index (χ2n) is 3.88. The van der Waals surface area contributed by atoms with Crippen molar-refractivity contribution >= 4 is 11.0 Å². The van der Waals surface area contributed by atoms with Crippen molar-refractivity contribution in [1.82, 2.24) is 9.55 Å². The number of rotatable bonds is 2. The largest absolute Gasteiger partial charge is 0.497 e. The van der Waals surface area contributed by atoms with Crippen LogP contribution in [0.25, 0.3) is 22.6 Å². The fraction of sp³-hybridized carbons (Fsp3) is 0.154. The molecule has 17 heavy (non-hydrogen) atoms. The number of furan rings is 1. The molecule has 0 aliphatic heterocycles. The zero-order valence-electron chi connectivity index (χ0n) is 9.68. The molecule has 0 unspecified atom stereocenters. The highest BCUT2D eigenvalue weighted by Crippen LogP contribution is 2.28. The Bertz CT molecular complexity index is 667. The Hall–Kier alpha value is -2.23. The van der Waals surface area contributed by atoms with Gasteiger partial charge in [0.25, 0.3) is 0 Å². The third kappa shape index (κ3) is 1.58. The third-order valence-electron chi connectivity index (χ3n) is 2.77. The summed E-state index contributed by atoms with van der Waals surface area (Å²) in [5, 5.41) is 1.02. The first-order valence-electron chi connectivity index (χ1n) is 5.33. The molecule has 0 N–H and O–H groups in total. The average molecular weight is 228 g/mol. The molecule has 0 aliphatic carbocycles. The van der Waals surface area contributed by atoms with Crippen LogP contribution in [0, 0.1) is 0 Å². The molecule has 0 spiro atoms. The van der Waals surface area contributed by atoms with Gasteiger partial charge in [-0.1, -0.05) is 0 Å². The Morgan fingerprint density at radius 2 is 2.18 bits per heavy atom. The summed E-state index contributed by atoms with van der Waals surface area (Å²) in [6.45, 7) is 0. The zero-order chi connectivity index (χ0) is 11.8. The molecule has 0 amide bonds. The monoisotopic (exact) mass is 228 g/mol. The lowest BCUT2D eigenvalue weighted by Gasteiger charge is -1.96. The van der Waals surface area contributed by atoms with Crippen molar-refractivity contribution in [2.24, 2.45) is 7.05 Å². The van der Waals surface area contributed by atoms with E-state index < -0.39 is 0 Å². The summed E-state index contributed by atoms with van der Waals surface area (Å²) in [4.78, 5) is 4.26. The number of nitrogens with zero attached hydrogens (tertiary/aromatic N) is 2. The minimum absolute atomic E-state index is 0.765. The van der Waals surface area contributed by atoms with E-state index in [9.17, 15) is 0 Å². The predicted molar refractivity (Wildman–Crippen MR) is 65.0 cm³/mol. The van der Waals surface area contributed by atoms with Crippen LogP contribution in [-0.2, 0) is 7.05 Å². The Kier molecular flexibility index (Phi) is 2.14. The number of hydrogen-bond donors (Lipinski definition) is 0. The molecular weight excluding hydrogens is 216 g/mol. The molecular formula is C13H12N2O2. The van der Waals surface area contributed by atoms with Gasteiger partial charge in [0.1, 0.15) is 11.3 Å². The molecule has 0 saturated heterocycles. The fourth-order valence-electron chi connectivity index (χ4n) is 1.86. The van der Waals surface area contributed by atoms with Gasteiger partial charge in [-0.05, 0) is 24.3 Å². The molecule has 0 radical (unpaired) electrons. The predicted octanol–water partition coefficient (Wildman–Crippen LogP) is 2.84. The summed E-state index contributed by atoms with van der Waals surface area (Å²) in [5.41, 5.74) is 0.837. The number of aryl methyl sites for hydroxylation is 1. The van der Waals surface area contributed by atoms with Crippen molar-refractivity contribution in [2.75, 3.05) is 7.11 Å². The van der Waals surface area contributed by atoms with Gasteiger partial charge in [0, 0.05) is 24.8 Å². The van der Waals surface area contributed by atoms with Crippen LogP contribution in [0.3, 0.4) is 0 Å². The van der Waals surface area contributed by atoms with Crippen LogP contribution < -0.4 is 4.74 Å². The summed E-state index contributed by atoms with van der Waals surface area (Å²) in [6, 6.07) is 7.71. The van der Waals surface area contributed by atoms with Gasteiger partial charge in [0.2, 0.25) is 0 Å². The van der Waals surface area contributed by atoms with Crippen LogP contribution in [-0.4, -0.2) is 16.7 Å². The van der Waals surface area contributed by atoms with Crippen molar-refractivity contribution in [3.63, 3.8) is 0 Å². The van der Waals surface area contributed by atoms with Gasteiger partial charge in [0.15, 0.2) is 11.6 Å². The Morgan fingerprint density at radius 1 is 1.29 bits per heavy atom. The zero-order valence-corrected chi connectivity index (χ0v) is 9.68. The van der Waals surface area contributed by atoms with Gasteiger partial charge in [0.05, 0.1) is 7.11 Å². The third-order valence-corrected chi connectivity index (χ3v) is 2.77. The molecule has 2 heterocycles. The van der Waals surface area contributed by atoms with E-state index in [1.54, 1.807) is 13.3 Å². The van der Waals surface area contributed by atoms with Crippen molar-refractivity contribution in [1.29, 1.82) is 0 Å². The number of benzene rings is 1. The molecule has 0 bridgehead atoms. The van der Waals surface area contributed by atoms with E-state index in [1.807, 2.05) is 42.1 Å². The fourth-order valence-corrected chi connectivity index (χ4v) is 1.86. The highest BCUT2D eigenvalue weighted by Gasteiger charge is 2.10. The van der Waals surface area contributed by atoms with Gasteiger partial charge >= 0.3 is 0 Å². The van der Waals surface area contributed by atoms with E-state index in [0.717, 1.165) is 28.3 Å². The highest BCUT2D eigenvalue weighted by molar-refractivity contribution is 5.83. The maximum Gasteiger partial charge on any atom is 0.175 e. The summed E-state index contributed by atoms with van der Waals surface area (Å²) in [7, 11) is 3.59. The molecule has 2 aromatic heterocycles. The molecule has 0 saturated carbocycles. The lowest BCUT2D eigenvalue weighted by atomic mass is 10.2. The topological polar surface area (TPSA) is 40.2 Å². The van der Waals surface area contributed by atoms with Crippen LogP contribution in [0.4, 0.5) is 0 Å². The molecule has 3 aromatic rings. The van der Waals surface area contributed by atoms with E-state index >= 15 is 0 Å². The summed E-state index contributed by atoms with van der Waals surface area (Å²) in [6.07, 6.45) is 3.65. The van der Waals surface area contributed by atoms with Crippen LogP contribution in [0.1, 0.15) is 0 Å². The number of fused-ring (bicyclic) bond motifs is 1. The number of imidazole rings is 1. The Balaban J connectivity index is 2.17. The summed E-state index contributed by atoms with van der Waals surface area (Å²) >= 11 is 0. The minimum Gasteiger partial charge on any atom is -0.497 e. The van der Waals surface area contributed by atoms with E-state index in [4.69, 9.17) is 9.15 Å². The lowest BCUT2D eigenvalue weighted by Crippen LogP contribution is -1.88. The number of aromatic nitrogens is 2. The molecule has 1 aromatic carbocycles. The lowest BCUT2D eigenvalue weighted by molar-refractivity contribution is 0.415. The molecule has 0 fully saturated rings. The van der Waals surface area contributed by atoms with E-state index in [0.29, 0.717) is 0 Å². The molecule has 4 heteroatoms. The van der Waals surface area contributed by atoms with E-state index in [1.165, 1.54) is 0 Å². The van der Waals surface area contributed by atoms with Crippen molar-refractivity contribution in [3.8, 4) is 17.3 Å². The number of ether oxygens (including phenoxy) is 1. The molecule has 3 rings (SSSR count). The van der Waals surface area contributed by atoms with Crippen LogP contribution in [0.5, 0.6) is 5.75 Å². The quantitative estimate of drug-likeness (QED) is 0.677. The van der Waals surface area contributed by atoms with E-state index in [-0.39, 0.29) is 0 Å². The first kappa shape index (κ1) is 9.96. The molecule has 0 atom stereocenters. The van der Waals surface area contributed by atoms with Gasteiger partial charge in [-0.3, -0.25) is 0 Å². The van der Waals surface area contributed by atoms with Gasteiger partial charge < -0.3 is 13.7 Å².